The predicted molar refractivity (Wildman–Crippen MR) is 102 cm³/mol. The maximum Gasteiger partial charge on any atom is 0.173 e. The first-order valence-corrected chi connectivity index (χ1v) is 8.50. The Hall–Kier alpha value is -1.30. The summed E-state index contributed by atoms with van der Waals surface area (Å²) in [6.07, 6.45) is 0. The highest BCUT2D eigenvalue weighted by molar-refractivity contribution is 7.80. The van der Waals surface area contributed by atoms with E-state index in [1.54, 1.807) is 12.1 Å². The van der Waals surface area contributed by atoms with Gasteiger partial charge in [-0.05, 0) is 51.2 Å². The van der Waals surface area contributed by atoms with Crippen LogP contribution in [0.5, 0.6) is 0 Å². The zero-order chi connectivity index (χ0) is 17.1. The number of nitrogens with zero attached hydrogens (tertiary/aromatic N) is 3. The lowest BCUT2D eigenvalue weighted by atomic mass is 10.2. The van der Waals surface area contributed by atoms with Gasteiger partial charge in [-0.3, -0.25) is 4.68 Å². The minimum atomic E-state index is 0.498. The van der Waals surface area contributed by atoms with Crippen molar-refractivity contribution in [2.24, 2.45) is 0 Å². The van der Waals surface area contributed by atoms with Crippen LogP contribution in [-0.2, 0) is 13.1 Å². The zero-order valence-electron chi connectivity index (χ0n) is 13.7. The predicted octanol–water partition coefficient (Wildman–Crippen LogP) is 4.66. The molecule has 0 fully saturated rings. The molecule has 0 spiro atoms. The molecule has 0 aliphatic rings. The molecule has 0 amide bonds. The number of thiocarbonyl (C=S) groups is 1. The molecule has 0 saturated carbocycles. The van der Waals surface area contributed by atoms with E-state index in [0.29, 0.717) is 21.7 Å². The second-order valence-corrected chi connectivity index (χ2v) is 6.58. The Kier molecular flexibility index (Phi) is 5.89. The van der Waals surface area contributed by atoms with Crippen LogP contribution in [0.1, 0.15) is 23.9 Å². The van der Waals surface area contributed by atoms with Crippen molar-refractivity contribution in [3.8, 4) is 0 Å². The van der Waals surface area contributed by atoms with Crippen LogP contribution in [0.15, 0.2) is 18.2 Å². The summed E-state index contributed by atoms with van der Waals surface area (Å²) in [5.41, 5.74) is 4.23. The fraction of sp³-hybridized carbons (Fsp3) is 0.375. The molecule has 0 aliphatic heterocycles. The van der Waals surface area contributed by atoms with Crippen molar-refractivity contribution >= 4 is 46.2 Å². The number of halogens is 2. The first-order chi connectivity index (χ1) is 10.8. The molecule has 0 aliphatic carbocycles. The van der Waals surface area contributed by atoms with Gasteiger partial charge in [-0.25, -0.2) is 0 Å². The van der Waals surface area contributed by atoms with E-state index in [9.17, 15) is 0 Å². The van der Waals surface area contributed by atoms with Crippen LogP contribution in [-0.4, -0.2) is 26.8 Å². The lowest BCUT2D eigenvalue weighted by Crippen LogP contribution is -2.31. The third-order valence-electron chi connectivity index (χ3n) is 3.74. The zero-order valence-corrected chi connectivity index (χ0v) is 16.0. The van der Waals surface area contributed by atoms with E-state index < -0.39 is 0 Å². The van der Waals surface area contributed by atoms with Crippen LogP contribution >= 0.6 is 35.4 Å². The molecule has 0 radical (unpaired) electrons. The van der Waals surface area contributed by atoms with E-state index in [2.05, 4.69) is 24.3 Å². The van der Waals surface area contributed by atoms with Crippen molar-refractivity contribution in [2.45, 2.75) is 33.9 Å². The third-order valence-corrected chi connectivity index (χ3v) is 4.90. The topological polar surface area (TPSA) is 33.1 Å². The molecule has 1 aromatic heterocycles. The molecule has 1 heterocycles. The number of aryl methyl sites for hydroxylation is 2. The Morgan fingerprint density at radius 3 is 2.57 bits per heavy atom. The van der Waals surface area contributed by atoms with Crippen molar-refractivity contribution in [3.05, 3.63) is 45.2 Å². The fourth-order valence-corrected chi connectivity index (χ4v) is 2.85. The normalized spacial score (nSPS) is 10.7. The molecule has 0 bridgehead atoms. The van der Waals surface area contributed by atoms with Gasteiger partial charge in [0.15, 0.2) is 5.11 Å². The van der Waals surface area contributed by atoms with Crippen molar-refractivity contribution < 1.29 is 0 Å². The van der Waals surface area contributed by atoms with Crippen molar-refractivity contribution in [3.63, 3.8) is 0 Å². The van der Waals surface area contributed by atoms with E-state index in [-0.39, 0.29) is 0 Å². The Bertz CT molecular complexity index is 727. The van der Waals surface area contributed by atoms with E-state index in [1.807, 2.05) is 29.6 Å². The molecule has 1 N–H and O–H groups in total. The number of hydrogen-bond donors (Lipinski definition) is 1. The van der Waals surface area contributed by atoms with E-state index in [1.165, 1.54) is 11.3 Å². The highest BCUT2D eigenvalue weighted by atomic mass is 35.5. The molecule has 23 heavy (non-hydrogen) atoms. The summed E-state index contributed by atoms with van der Waals surface area (Å²) in [5.74, 6) is 0. The van der Waals surface area contributed by atoms with Crippen LogP contribution in [0, 0.1) is 13.8 Å². The number of hydrogen-bond acceptors (Lipinski definition) is 2. The first-order valence-electron chi connectivity index (χ1n) is 7.33. The van der Waals surface area contributed by atoms with Crippen molar-refractivity contribution in [1.82, 2.24) is 14.7 Å². The Morgan fingerprint density at radius 2 is 2.00 bits per heavy atom. The van der Waals surface area contributed by atoms with Crippen LogP contribution in [0.25, 0.3) is 0 Å². The number of benzene rings is 1. The highest BCUT2D eigenvalue weighted by Gasteiger charge is 2.14. The van der Waals surface area contributed by atoms with Gasteiger partial charge in [0.05, 0.1) is 15.7 Å². The Balaban J connectivity index is 2.08. The molecule has 2 rings (SSSR count). The fourth-order valence-electron chi connectivity index (χ4n) is 2.37. The van der Waals surface area contributed by atoms with Gasteiger partial charge in [0, 0.05) is 37.1 Å². The number of rotatable bonds is 4. The van der Waals surface area contributed by atoms with Gasteiger partial charge in [0.1, 0.15) is 0 Å². The number of nitrogens with one attached hydrogen (secondary N) is 1. The van der Waals surface area contributed by atoms with Crippen LogP contribution in [0.3, 0.4) is 0 Å². The smallest absolute Gasteiger partial charge is 0.173 e. The minimum Gasteiger partial charge on any atom is -0.348 e. The van der Waals surface area contributed by atoms with Gasteiger partial charge in [-0.2, -0.15) is 5.10 Å². The molecule has 4 nitrogen and oxygen atoms in total. The van der Waals surface area contributed by atoms with Crippen molar-refractivity contribution in [2.75, 3.05) is 12.4 Å². The van der Waals surface area contributed by atoms with Crippen LogP contribution < -0.4 is 5.32 Å². The van der Waals surface area contributed by atoms with E-state index in [0.717, 1.165) is 17.9 Å². The van der Waals surface area contributed by atoms with Gasteiger partial charge >= 0.3 is 0 Å². The standard InChI is InChI=1S/C16H20Cl2N4S/c1-5-22-11(3)13(10(2)20-22)9-21(4)16(23)19-12-6-7-14(17)15(18)8-12/h6-8H,5,9H2,1-4H3,(H,19,23). The maximum atomic E-state index is 6.03. The average Bonchev–Trinajstić information content (AvgIpc) is 2.78. The summed E-state index contributed by atoms with van der Waals surface area (Å²) in [4.78, 5) is 1.98. The Labute approximate surface area is 152 Å². The summed E-state index contributed by atoms with van der Waals surface area (Å²) in [7, 11) is 1.95. The second kappa shape index (κ2) is 7.51. The lowest BCUT2D eigenvalue weighted by Gasteiger charge is -2.21. The van der Waals surface area contributed by atoms with Gasteiger partial charge < -0.3 is 10.2 Å². The molecular formula is C16H20Cl2N4S. The summed E-state index contributed by atoms with van der Waals surface area (Å²) < 4.78 is 2.01. The summed E-state index contributed by atoms with van der Waals surface area (Å²) in [6.45, 7) is 7.76. The van der Waals surface area contributed by atoms with Gasteiger partial charge in [0.2, 0.25) is 0 Å². The number of aromatic nitrogens is 2. The molecule has 0 unspecified atom stereocenters. The van der Waals surface area contributed by atoms with Gasteiger partial charge in [0.25, 0.3) is 0 Å². The second-order valence-electron chi connectivity index (χ2n) is 5.38. The minimum absolute atomic E-state index is 0.498. The van der Waals surface area contributed by atoms with E-state index in [4.69, 9.17) is 35.4 Å². The molecule has 0 saturated heterocycles. The first kappa shape index (κ1) is 18.0. The molecule has 0 atom stereocenters. The third kappa shape index (κ3) is 4.16. The molecule has 7 heteroatoms. The van der Waals surface area contributed by atoms with Crippen LogP contribution in [0.2, 0.25) is 10.0 Å². The SMILES string of the molecule is CCn1nc(C)c(CN(C)C(=S)Nc2ccc(Cl)c(Cl)c2)c1C. The van der Waals surface area contributed by atoms with E-state index >= 15 is 0 Å². The monoisotopic (exact) mass is 370 g/mol. The van der Waals surface area contributed by atoms with Crippen LogP contribution in [0.4, 0.5) is 5.69 Å². The Morgan fingerprint density at radius 1 is 1.30 bits per heavy atom. The number of anilines is 1. The molecule has 2 aromatic rings. The van der Waals surface area contributed by atoms with Crippen molar-refractivity contribution in [1.29, 1.82) is 0 Å². The maximum absolute atomic E-state index is 6.03. The summed E-state index contributed by atoms with van der Waals surface area (Å²) in [5, 5.41) is 9.36. The average molecular weight is 371 g/mol. The molecule has 1 aromatic carbocycles. The summed E-state index contributed by atoms with van der Waals surface area (Å²) in [6, 6.07) is 5.35. The lowest BCUT2D eigenvalue weighted by molar-refractivity contribution is 0.504. The van der Waals surface area contributed by atoms with Gasteiger partial charge in [-0.15, -0.1) is 0 Å². The quantitative estimate of drug-likeness (QED) is 0.793. The largest absolute Gasteiger partial charge is 0.348 e. The summed E-state index contributed by atoms with van der Waals surface area (Å²) >= 11 is 17.4. The highest BCUT2D eigenvalue weighted by Crippen LogP contribution is 2.25. The molecule has 124 valence electrons. The molecular weight excluding hydrogens is 351 g/mol. The van der Waals surface area contributed by atoms with Gasteiger partial charge in [-0.1, -0.05) is 23.2 Å².